The average Bonchev–Trinajstić information content (AvgIpc) is 3.26. The van der Waals surface area contributed by atoms with Crippen LogP contribution >= 0.6 is 0 Å². The number of ether oxygens (including phenoxy) is 2. The Kier molecular flexibility index (Phi) is 7.06. The number of carbonyl (C=O) groups is 1. The van der Waals surface area contributed by atoms with Crippen LogP contribution in [0.1, 0.15) is 58.9 Å². The summed E-state index contributed by atoms with van der Waals surface area (Å²) in [6.45, 7) is 3.80. The van der Waals surface area contributed by atoms with Crippen LogP contribution in [0.4, 0.5) is 0 Å². The second-order valence-corrected chi connectivity index (χ2v) is 10.3. The van der Waals surface area contributed by atoms with Crippen LogP contribution in [-0.2, 0) is 24.3 Å². The zero-order chi connectivity index (χ0) is 26.8. The zero-order valence-electron chi connectivity index (χ0n) is 21.9. The fraction of sp³-hybridized carbons (Fsp3) is 0.367. The highest BCUT2D eigenvalue weighted by Gasteiger charge is 2.25. The van der Waals surface area contributed by atoms with Gasteiger partial charge in [0.1, 0.15) is 17.9 Å². The maximum absolute atomic E-state index is 11.5. The van der Waals surface area contributed by atoms with E-state index < -0.39 is 5.97 Å². The van der Waals surface area contributed by atoms with Gasteiger partial charge in [0.25, 0.3) is 0 Å². The number of carboxylic acid groups (broad SMARTS) is 1. The lowest BCUT2D eigenvalue weighted by molar-refractivity contribution is -0.0591. The molecule has 1 saturated heterocycles. The predicted octanol–water partition coefficient (Wildman–Crippen LogP) is 5.02. The Morgan fingerprint density at radius 1 is 1.13 bits per heavy atom. The van der Waals surface area contributed by atoms with Crippen LogP contribution in [0.2, 0.25) is 0 Å². The molecule has 4 aromatic heterocycles. The molecule has 2 aliphatic rings. The first-order chi connectivity index (χ1) is 19.0. The summed E-state index contributed by atoms with van der Waals surface area (Å²) in [5.41, 5.74) is 5.55. The van der Waals surface area contributed by atoms with Crippen molar-refractivity contribution in [2.24, 2.45) is 5.92 Å². The van der Waals surface area contributed by atoms with E-state index in [4.69, 9.17) is 19.4 Å². The summed E-state index contributed by atoms with van der Waals surface area (Å²) in [6.07, 6.45) is 8.90. The van der Waals surface area contributed by atoms with E-state index in [0.717, 1.165) is 67.0 Å². The van der Waals surface area contributed by atoms with Crippen molar-refractivity contribution in [2.75, 3.05) is 6.61 Å². The van der Waals surface area contributed by atoms with Gasteiger partial charge in [-0.15, -0.1) is 0 Å². The van der Waals surface area contributed by atoms with E-state index in [2.05, 4.69) is 20.6 Å². The van der Waals surface area contributed by atoms with E-state index in [-0.39, 0.29) is 11.8 Å². The lowest BCUT2D eigenvalue weighted by Gasteiger charge is -2.28. The maximum Gasteiger partial charge on any atom is 0.354 e. The first-order valence-corrected chi connectivity index (χ1v) is 13.4. The molecule has 0 saturated carbocycles. The van der Waals surface area contributed by atoms with Crippen LogP contribution in [0.3, 0.4) is 0 Å². The molecule has 39 heavy (non-hydrogen) atoms. The summed E-state index contributed by atoms with van der Waals surface area (Å²) in [5.74, 6) is 0.928. The molecule has 4 aromatic rings. The molecule has 200 valence electrons. The van der Waals surface area contributed by atoms with Crippen LogP contribution in [0.15, 0.2) is 54.7 Å². The molecule has 0 spiro atoms. The molecule has 9 heteroatoms. The molecular weight excluding hydrogens is 494 g/mol. The number of aromatic carboxylic acids is 1. The molecule has 0 bridgehead atoms. The van der Waals surface area contributed by atoms with Gasteiger partial charge in [0.05, 0.1) is 24.0 Å². The highest BCUT2D eigenvalue weighted by molar-refractivity contribution is 5.88. The van der Waals surface area contributed by atoms with E-state index >= 15 is 0 Å². The minimum atomic E-state index is -1.04. The van der Waals surface area contributed by atoms with Crippen LogP contribution in [0.25, 0.3) is 16.7 Å². The number of imidazole rings is 1. The van der Waals surface area contributed by atoms with Crippen molar-refractivity contribution in [3.8, 4) is 5.88 Å². The number of aryl methyl sites for hydroxylation is 1. The fourth-order valence-corrected chi connectivity index (χ4v) is 5.12. The Bertz CT molecular complexity index is 1520. The highest BCUT2D eigenvalue weighted by Crippen LogP contribution is 2.33. The molecule has 0 aromatic carbocycles. The number of rotatable bonds is 9. The molecular formula is C30H31N5O4. The molecule has 0 radical (unpaired) electrons. The van der Waals surface area contributed by atoms with Crippen molar-refractivity contribution in [3.63, 3.8) is 0 Å². The average molecular weight is 526 g/mol. The van der Waals surface area contributed by atoms with Crippen molar-refractivity contribution < 1.29 is 19.4 Å². The van der Waals surface area contributed by atoms with Crippen molar-refractivity contribution in [2.45, 2.75) is 58.3 Å². The van der Waals surface area contributed by atoms with Gasteiger partial charge >= 0.3 is 5.97 Å². The third-order valence-electron chi connectivity index (χ3n) is 7.45. The van der Waals surface area contributed by atoms with Gasteiger partial charge in [-0.25, -0.2) is 19.7 Å². The Morgan fingerprint density at radius 2 is 2.03 bits per heavy atom. The Labute approximate surface area is 226 Å². The molecule has 5 heterocycles. The van der Waals surface area contributed by atoms with E-state index in [1.165, 1.54) is 11.6 Å². The largest absolute Gasteiger partial charge is 0.477 e. The lowest BCUT2D eigenvalue weighted by atomic mass is 9.86. The Balaban J connectivity index is 1.15. The topological polar surface area (TPSA) is 112 Å². The fourth-order valence-electron chi connectivity index (χ4n) is 5.12. The summed E-state index contributed by atoms with van der Waals surface area (Å²) < 4.78 is 13.6. The predicted molar refractivity (Wildman–Crippen MR) is 145 cm³/mol. The molecule has 1 unspecified atom stereocenters. The van der Waals surface area contributed by atoms with Gasteiger partial charge in [-0.05, 0) is 73.9 Å². The standard InChI is InChI=1S/C30H31N5O4/c1-19-5-10-22(31-16-19)18-39-28-4-2-3-24(33-28)21-8-6-20(7-9-21)15-27-32-25-11-12-26(30(36)37)34-29(25)35(27)17-23-13-14-38-23/h2-5,8,10-12,16,20,23H,6-7,9,13-15,17-18H2,1H3,(H,36,37)/t20?,23-/m0/s1. The Hall–Kier alpha value is -4.11. The van der Waals surface area contributed by atoms with Gasteiger partial charge in [-0.3, -0.25) is 4.98 Å². The van der Waals surface area contributed by atoms with E-state index in [9.17, 15) is 9.90 Å². The molecule has 0 amide bonds. The van der Waals surface area contributed by atoms with Crippen molar-refractivity contribution in [3.05, 3.63) is 83.2 Å². The van der Waals surface area contributed by atoms with Gasteiger partial charge < -0.3 is 19.1 Å². The van der Waals surface area contributed by atoms with Gasteiger partial charge in [-0.2, -0.15) is 0 Å². The van der Waals surface area contributed by atoms with Crippen LogP contribution in [0, 0.1) is 12.8 Å². The van der Waals surface area contributed by atoms with Crippen molar-refractivity contribution in [1.29, 1.82) is 0 Å². The third kappa shape index (κ3) is 5.68. The minimum absolute atomic E-state index is 0.0313. The number of pyridine rings is 3. The monoisotopic (exact) mass is 525 g/mol. The summed E-state index contributed by atoms with van der Waals surface area (Å²) >= 11 is 0. The normalized spacial score (nSPS) is 18.9. The number of nitrogens with zero attached hydrogens (tertiary/aromatic N) is 5. The molecule has 1 fully saturated rings. The number of aromatic nitrogens is 5. The van der Waals surface area contributed by atoms with E-state index in [1.54, 1.807) is 6.07 Å². The van der Waals surface area contributed by atoms with Crippen molar-refractivity contribution >= 4 is 22.7 Å². The number of allylic oxidation sites excluding steroid dienone is 2. The number of fused-ring (bicyclic) bond motifs is 1. The van der Waals surface area contributed by atoms with Gasteiger partial charge in [0.2, 0.25) is 5.88 Å². The van der Waals surface area contributed by atoms with Gasteiger partial charge in [0.15, 0.2) is 11.3 Å². The van der Waals surface area contributed by atoms with Crippen molar-refractivity contribution in [1.82, 2.24) is 24.5 Å². The summed E-state index contributed by atoms with van der Waals surface area (Å²) in [5, 5.41) is 9.43. The maximum atomic E-state index is 11.5. The molecule has 1 N–H and O–H groups in total. The molecule has 2 atom stereocenters. The summed E-state index contributed by atoms with van der Waals surface area (Å²) in [7, 11) is 0. The molecule has 1 aliphatic heterocycles. The minimum Gasteiger partial charge on any atom is -0.477 e. The number of carboxylic acids is 1. The first kappa shape index (κ1) is 25.2. The first-order valence-electron chi connectivity index (χ1n) is 13.4. The van der Waals surface area contributed by atoms with E-state index in [1.807, 2.05) is 43.5 Å². The third-order valence-corrected chi connectivity index (χ3v) is 7.45. The second-order valence-electron chi connectivity index (χ2n) is 10.3. The van der Waals surface area contributed by atoms with E-state index in [0.29, 0.717) is 30.6 Å². The number of hydrogen-bond acceptors (Lipinski definition) is 7. The highest BCUT2D eigenvalue weighted by atomic mass is 16.5. The lowest BCUT2D eigenvalue weighted by Crippen LogP contribution is -2.32. The van der Waals surface area contributed by atoms with Crippen LogP contribution in [0.5, 0.6) is 5.88 Å². The molecule has 1 aliphatic carbocycles. The molecule has 9 nitrogen and oxygen atoms in total. The Morgan fingerprint density at radius 3 is 2.74 bits per heavy atom. The molecule has 6 rings (SSSR count). The van der Waals surface area contributed by atoms with Crippen LogP contribution in [-0.4, -0.2) is 48.3 Å². The SMILES string of the molecule is Cc1ccc(COc2cccc(C3=CCC(Cc4nc5ccc(C(=O)O)nc5n4C[C@@H]4CCO4)CC3)n2)nc1. The summed E-state index contributed by atoms with van der Waals surface area (Å²) in [6, 6.07) is 13.2. The smallest absolute Gasteiger partial charge is 0.354 e. The zero-order valence-corrected chi connectivity index (χ0v) is 21.9. The second kappa shape index (κ2) is 10.9. The van der Waals surface area contributed by atoms with Crippen LogP contribution < -0.4 is 4.74 Å². The summed E-state index contributed by atoms with van der Waals surface area (Å²) in [4.78, 5) is 29.9. The quantitative estimate of drug-likeness (QED) is 0.324. The van der Waals surface area contributed by atoms with Gasteiger partial charge in [-0.1, -0.05) is 18.2 Å². The number of hydrogen-bond donors (Lipinski definition) is 1. The van der Waals surface area contributed by atoms with Gasteiger partial charge in [0, 0.05) is 25.3 Å².